The molecule has 6 heteroatoms. The highest BCUT2D eigenvalue weighted by Crippen LogP contribution is 2.29. The summed E-state index contributed by atoms with van der Waals surface area (Å²) in [4.78, 5) is 0. The fourth-order valence-corrected chi connectivity index (χ4v) is 1.56. The Hall–Kier alpha value is -2.04. The van der Waals surface area contributed by atoms with Gasteiger partial charge >= 0.3 is 6.18 Å². The van der Waals surface area contributed by atoms with Gasteiger partial charge in [0.1, 0.15) is 18.4 Å². The van der Waals surface area contributed by atoms with Gasteiger partial charge in [-0.15, -0.1) is 0 Å². The first-order valence-electron chi connectivity index (χ1n) is 6.01. The molecule has 1 heterocycles. The lowest BCUT2D eigenvalue weighted by atomic mass is 10.1. The summed E-state index contributed by atoms with van der Waals surface area (Å²) in [5.74, 6) is 0.871. The first kappa shape index (κ1) is 14.4. The number of hydrogen-bond acceptors (Lipinski definition) is 3. The Morgan fingerprint density at radius 3 is 2.90 bits per heavy atom. The normalized spacial score (nSPS) is 14.6. The number of hydrogen-bond donors (Lipinski definition) is 1. The van der Waals surface area contributed by atoms with Crippen LogP contribution in [0.5, 0.6) is 0 Å². The zero-order valence-corrected chi connectivity index (χ0v) is 10.5. The number of nitrogens with one attached hydrogen (secondary N) is 1. The molecule has 0 atom stereocenters. The zero-order chi connectivity index (χ0) is 14.4. The third-order valence-electron chi connectivity index (χ3n) is 2.49. The minimum atomic E-state index is -4.41. The van der Waals surface area contributed by atoms with E-state index in [2.05, 4.69) is 11.4 Å². The van der Waals surface area contributed by atoms with Gasteiger partial charge < -0.3 is 14.5 Å². The van der Waals surface area contributed by atoms with Crippen molar-refractivity contribution in [3.8, 4) is 0 Å². The van der Waals surface area contributed by atoms with Crippen molar-refractivity contribution in [2.75, 3.05) is 13.2 Å². The van der Waals surface area contributed by atoms with E-state index < -0.39 is 11.7 Å². The van der Waals surface area contributed by atoms with Crippen LogP contribution in [0.1, 0.15) is 5.76 Å². The van der Waals surface area contributed by atoms with Gasteiger partial charge in [-0.1, -0.05) is 0 Å². The topological polar surface area (TPSA) is 34.4 Å². The Kier molecular flexibility index (Phi) is 4.61. The minimum absolute atomic E-state index is 0.0830. The maximum absolute atomic E-state index is 12.5. The number of halogens is 3. The van der Waals surface area contributed by atoms with Gasteiger partial charge in [-0.25, -0.2) is 0 Å². The van der Waals surface area contributed by atoms with Crippen molar-refractivity contribution in [1.29, 1.82) is 0 Å². The van der Waals surface area contributed by atoms with Crippen molar-refractivity contribution in [3.63, 3.8) is 0 Å². The molecule has 0 aromatic carbocycles. The monoisotopic (exact) mass is 284 g/mol. The van der Waals surface area contributed by atoms with E-state index in [9.17, 15) is 13.2 Å². The smallest absolute Gasteiger partial charge is 0.450 e. The van der Waals surface area contributed by atoms with Crippen molar-refractivity contribution >= 4 is 0 Å². The maximum Gasteiger partial charge on any atom is 0.450 e. The second-order valence-corrected chi connectivity index (χ2v) is 4.03. The summed E-state index contributed by atoms with van der Waals surface area (Å²) in [5.41, 5.74) is -0.835. The van der Waals surface area contributed by atoms with Gasteiger partial charge in [0.05, 0.1) is 31.0 Å². The highest BCUT2D eigenvalue weighted by atomic mass is 19.4. The molecular formula is C14H13F3NO2+. The SMILES string of the molecule is FC(F)(F)C1=[C+]C(OCCNCc2ccco2)=CC=C1. The number of ether oxygens (including phenoxy) is 1. The van der Waals surface area contributed by atoms with Crippen LogP contribution < -0.4 is 5.32 Å². The molecule has 20 heavy (non-hydrogen) atoms. The van der Waals surface area contributed by atoms with E-state index in [1.807, 2.05) is 6.07 Å². The first-order valence-corrected chi connectivity index (χ1v) is 6.01. The van der Waals surface area contributed by atoms with Gasteiger partial charge in [-0.05, 0) is 12.1 Å². The molecule has 106 valence electrons. The summed E-state index contributed by atoms with van der Waals surface area (Å²) in [7, 11) is 0. The van der Waals surface area contributed by atoms with Gasteiger partial charge in [0.15, 0.2) is 0 Å². The molecule has 0 unspecified atom stereocenters. The first-order chi connectivity index (χ1) is 9.55. The molecule has 0 spiro atoms. The predicted octanol–water partition coefficient (Wildman–Crippen LogP) is 3.13. The molecule has 1 N–H and O–H groups in total. The Labute approximate surface area is 114 Å². The summed E-state index contributed by atoms with van der Waals surface area (Å²) in [6.45, 7) is 1.28. The minimum Gasteiger partial charge on any atom is -0.468 e. The fraction of sp³-hybridized carbons (Fsp3) is 0.286. The van der Waals surface area contributed by atoms with E-state index in [0.29, 0.717) is 13.1 Å². The molecule has 0 saturated carbocycles. The van der Waals surface area contributed by atoms with Gasteiger partial charge in [0.25, 0.3) is 5.76 Å². The van der Waals surface area contributed by atoms with Crippen LogP contribution in [0.25, 0.3) is 0 Å². The van der Waals surface area contributed by atoms with E-state index in [1.165, 1.54) is 12.2 Å². The lowest BCUT2D eigenvalue weighted by molar-refractivity contribution is -0.0890. The zero-order valence-electron chi connectivity index (χ0n) is 10.5. The second-order valence-electron chi connectivity index (χ2n) is 4.03. The molecule has 2 rings (SSSR count). The highest BCUT2D eigenvalue weighted by Gasteiger charge is 2.39. The van der Waals surface area contributed by atoms with Crippen molar-refractivity contribution in [3.05, 3.63) is 59.8 Å². The third kappa shape index (κ3) is 4.26. The molecule has 0 aliphatic heterocycles. The molecule has 0 amide bonds. The molecule has 1 aliphatic rings. The molecule has 0 bridgehead atoms. The number of furan rings is 1. The standard InChI is InChI=1S/C14H13F3NO2/c15-14(16,17)11-3-1-4-12(9-11)20-8-6-18-10-13-5-2-7-19-13/h1-5,7,18H,6,8,10H2/q+1. The van der Waals surface area contributed by atoms with E-state index in [0.717, 1.165) is 11.8 Å². The Morgan fingerprint density at radius 1 is 1.35 bits per heavy atom. The van der Waals surface area contributed by atoms with Crippen molar-refractivity contribution in [1.82, 2.24) is 5.32 Å². The lowest BCUT2D eigenvalue weighted by Crippen LogP contribution is -2.19. The fourth-order valence-electron chi connectivity index (χ4n) is 1.56. The van der Waals surface area contributed by atoms with Crippen LogP contribution in [-0.2, 0) is 11.3 Å². The summed E-state index contributed by atoms with van der Waals surface area (Å²) in [6, 6.07) is 3.61. The van der Waals surface area contributed by atoms with Crippen LogP contribution in [0.2, 0.25) is 0 Å². The number of rotatable bonds is 6. The van der Waals surface area contributed by atoms with E-state index >= 15 is 0 Å². The molecule has 1 aliphatic carbocycles. The molecule has 0 fully saturated rings. The Morgan fingerprint density at radius 2 is 2.20 bits per heavy atom. The van der Waals surface area contributed by atoms with Crippen molar-refractivity contribution in [2.24, 2.45) is 0 Å². The van der Waals surface area contributed by atoms with Crippen LogP contribution in [0, 0.1) is 6.08 Å². The van der Waals surface area contributed by atoms with Crippen LogP contribution in [0.4, 0.5) is 13.2 Å². The molecular weight excluding hydrogens is 271 g/mol. The predicted molar refractivity (Wildman–Crippen MR) is 66.4 cm³/mol. The molecule has 0 saturated heterocycles. The lowest BCUT2D eigenvalue weighted by Gasteiger charge is -2.06. The van der Waals surface area contributed by atoms with E-state index in [4.69, 9.17) is 9.15 Å². The molecule has 1 aromatic heterocycles. The molecule has 0 radical (unpaired) electrons. The second kappa shape index (κ2) is 6.41. The third-order valence-corrected chi connectivity index (χ3v) is 2.49. The van der Waals surface area contributed by atoms with E-state index in [-0.39, 0.29) is 12.4 Å². The van der Waals surface area contributed by atoms with Crippen LogP contribution >= 0.6 is 0 Å². The summed E-state index contributed by atoms with van der Waals surface area (Å²) >= 11 is 0. The number of allylic oxidation sites excluding steroid dienone is 5. The Balaban J connectivity index is 1.71. The van der Waals surface area contributed by atoms with Gasteiger partial charge in [0, 0.05) is 6.54 Å². The molecule has 3 nitrogen and oxygen atoms in total. The largest absolute Gasteiger partial charge is 0.468 e. The van der Waals surface area contributed by atoms with E-state index in [1.54, 1.807) is 12.3 Å². The average molecular weight is 284 g/mol. The van der Waals surface area contributed by atoms with Crippen LogP contribution in [0.15, 0.2) is 52.4 Å². The summed E-state index contributed by atoms with van der Waals surface area (Å²) < 4.78 is 47.7. The molecule has 1 aromatic rings. The van der Waals surface area contributed by atoms with Crippen molar-refractivity contribution < 1.29 is 22.3 Å². The summed E-state index contributed by atoms with van der Waals surface area (Å²) in [5, 5.41) is 3.05. The van der Waals surface area contributed by atoms with Crippen LogP contribution in [0.3, 0.4) is 0 Å². The van der Waals surface area contributed by atoms with Crippen molar-refractivity contribution in [2.45, 2.75) is 12.7 Å². The number of alkyl halides is 3. The average Bonchev–Trinajstić information content (AvgIpc) is 2.91. The quantitative estimate of drug-likeness (QED) is 0.644. The maximum atomic E-state index is 12.5. The van der Waals surface area contributed by atoms with Gasteiger partial charge in [-0.3, -0.25) is 0 Å². The van der Waals surface area contributed by atoms with Gasteiger partial charge in [-0.2, -0.15) is 13.2 Å². The Bertz CT molecular complexity index is 513. The summed E-state index contributed by atoms with van der Waals surface area (Å²) in [6.07, 6.45) is 3.07. The van der Waals surface area contributed by atoms with Crippen LogP contribution in [-0.4, -0.2) is 19.3 Å². The highest BCUT2D eigenvalue weighted by molar-refractivity contribution is 5.34. The van der Waals surface area contributed by atoms with Gasteiger partial charge in [0.2, 0.25) is 5.57 Å².